The number of hydrogen-bond donors (Lipinski definition) is 1. The van der Waals surface area contributed by atoms with Gasteiger partial charge in [0.15, 0.2) is 0 Å². The van der Waals surface area contributed by atoms with E-state index in [-0.39, 0.29) is 5.91 Å². The van der Waals surface area contributed by atoms with E-state index in [0.29, 0.717) is 6.54 Å². The summed E-state index contributed by atoms with van der Waals surface area (Å²) in [6.45, 7) is 1.96. The fourth-order valence-corrected chi connectivity index (χ4v) is 3.20. The van der Waals surface area contributed by atoms with E-state index in [1.807, 2.05) is 35.2 Å². The number of nitrogens with one attached hydrogen (secondary N) is 1. The number of amides is 1. The molecule has 0 saturated carbocycles. The predicted octanol–water partition coefficient (Wildman–Crippen LogP) is 2.74. The van der Waals surface area contributed by atoms with E-state index >= 15 is 0 Å². The van der Waals surface area contributed by atoms with Crippen LogP contribution in [0.3, 0.4) is 0 Å². The van der Waals surface area contributed by atoms with Gasteiger partial charge >= 0.3 is 0 Å². The summed E-state index contributed by atoms with van der Waals surface area (Å²) in [6, 6.07) is 12.0. The summed E-state index contributed by atoms with van der Waals surface area (Å²) in [4.78, 5) is 15.5. The Morgan fingerprint density at radius 2 is 2.11 bits per heavy atom. The van der Waals surface area contributed by atoms with Gasteiger partial charge in [0, 0.05) is 23.7 Å². The molecule has 1 amide bonds. The molecular formula is C15H16N2OS. The quantitative estimate of drug-likeness (QED) is 0.932. The molecule has 3 rings (SSSR count). The summed E-state index contributed by atoms with van der Waals surface area (Å²) in [7, 11) is 0. The van der Waals surface area contributed by atoms with Crippen molar-refractivity contribution in [1.82, 2.24) is 4.90 Å². The van der Waals surface area contributed by atoms with Gasteiger partial charge in [-0.25, -0.2) is 0 Å². The lowest BCUT2D eigenvalue weighted by atomic mass is 10.1. The van der Waals surface area contributed by atoms with Gasteiger partial charge in [-0.15, -0.1) is 11.3 Å². The molecule has 0 spiro atoms. The molecule has 98 valence electrons. The number of carbonyl (C=O) groups is 1. The van der Waals surface area contributed by atoms with Crippen molar-refractivity contribution in [3.8, 4) is 0 Å². The van der Waals surface area contributed by atoms with E-state index in [9.17, 15) is 4.79 Å². The van der Waals surface area contributed by atoms with Crippen molar-refractivity contribution < 1.29 is 4.79 Å². The highest BCUT2D eigenvalue weighted by Gasteiger charge is 2.20. The molecule has 1 aliphatic rings. The molecule has 0 bridgehead atoms. The number of anilines is 1. The average molecular weight is 272 g/mol. The van der Waals surface area contributed by atoms with E-state index in [1.165, 1.54) is 10.4 Å². The summed E-state index contributed by atoms with van der Waals surface area (Å²) in [5, 5.41) is 5.28. The van der Waals surface area contributed by atoms with E-state index in [0.717, 1.165) is 25.2 Å². The smallest absolute Gasteiger partial charge is 0.242 e. The molecule has 1 aromatic heterocycles. The van der Waals surface area contributed by atoms with Crippen molar-refractivity contribution in [2.45, 2.75) is 13.0 Å². The van der Waals surface area contributed by atoms with Crippen molar-refractivity contribution in [3.05, 3.63) is 52.2 Å². The zero-order chi connectivity index (χ0) is 13.1. The van der Waals surface area contributed by atoms with Gasteiger partial charge in [-0.2, -0.15) is 0 Å². The van der Waals surface area contributed by atoms with Crippen molar-refractivity contribution in [2.75, 3.05) is 18.4 Å². The fraction of sp³-hybridized carbons (Fsp3) is 0.267. The monoisotopic (exact) mass is 272 g/mol. The van der Waals surface area contributed by atoms with Gasteiger partial charge in [0.05, 0.1) is 6.54 Å². The molecule has 0 atom stereocenters. The molecular weight excluding hydrogens is 256 g/mol. The maximum atomic E-state index is 12.2. The van der Waals surface area contributed by atoms with Crippen molar-refractivity contribution in [1.29, 1.82) is 0 Å². The molecule has 0 fully saturated rings. The van der Waals surface area contributed by atoms with Crippen LogP contribution >= 0.6 is 11.3 Å². The van der Waals surface area contributed by atoms with Crippen LogP contribution in [0, 0.1) is 0 Å². The van der Waals surface area contributed by atoms with Crippen molar-refractivity contribution >= 4 is 22.9 Å². The summed E-state index contributed by atoms with van der Waals surface area (Å²) in [5.74, 6) is 0.167. The zero-order valence-corrected chi connectivity index (χ0v) is 11.5. The van der Waals surface area contributed by atoms with Gasteiger partial charge < -0.3 is 10.2 Å². The molecule has 0 aliphatic carbocycles. The SMILES string of the molecule is O=C(CNc1ccccc1)N1CCc2sccc2C1. The van der Waals surface area contributed by atoms with Crippen LogP contribution in [0.1, 0.15) is 10.4 Å². The third-order valence-corrected chi connectivity index (χ3v) is 4.40. The highest BCUT2D eigenvalue weighted by molar-refractivity contribution is 7.10. The first-order valence-corrected chi connectivity index (χ1v) is 7.33. The lowest BCUT2D eigenvalue weighted by molar-refractivity contribution is -0.130. The van der Waals surface area contributed by atoms with E-state index in [1.54, 1.807) is 11.3 Å². The van der Waals surface area contributed by atoms with Crippen molar-refractivity contribution in [3.63, 3.8) is 0 Å². The second-order valence-electron chi connectivity index (χ2n) is 4.65. The number of fused-ring (bicyclic) bond motifs is 1. The van der Waals surface area contributed by atoms with Crippen molar-refractivity contribution in [2.24, 2.45) is 0 Å². The van der Waals surface area contributed by atoms with Gasteiger partial charge in [0.1, 0.15) is 0 Å². The van der Waals surface area contributed by atoms with Gasteiger partial charge in [0.2, 0.25) is 5.91 Å². The standard InChI is InChI=1S/C15H16N2OS/c18-15(10-16-13-4-2-1-3-5-13)17-8-6-14-12(11-17)7-9-19-14/h1-5,7,9,16H,6,8,10-11H2. The minimum absolute atomic E-state index is 0.167. The zero-order valence-electron chi connectivity index (χ0n) is 10.6. The Morgan fingerprint density at radius 1 is 1.26 bits per heavy atom. The topological polar surface area (TPSA) is 32.3 Å². The fourth-order valence-electron chi connectivity index (χ4n) is 2.31. The summed E-state index contributed by atoms with van der Waals surface area (Å²) >= 11 is 1.80. The largest absolute Gasteiger partial charge is 0.376 e. The minimum atomic E-state index is 0.167. The molecule has 0 radical (unpaired) electrons. The Kier molecular flexibility index (Phi) is 3.51. The van der Waals surface area contributed by atoms with Gasteiger partial charge in [-0.3, -0.25) is 4.79 Å². The molecule has 2 aromatic rings. The maximum Gasteiger partial charge on any atom is 0.242 e. The van der Waals surface area contributed by atoms with Crippen LogP contribution in [0.4, 0.5) is 5.69 Å². The molecule has 2 heterocycles. The summed E-state index contributed by atoms with van der Waals surface area (Å²) < 4.78 is 0. The average Bonchev–Trinajstić information content (AvgIpc) is 2.93. The van der Waals surface area contributed by atoms with Crippen LogP contribution in [0.5, 0.6) is 0 Å². The lowest BCUT2D eigenvalue weighted by Gasteiger charge is -2.27. The van der Waals surface area contributed by atoms with E-state index < -0.39 is 0 Å². The molecule has 3 nitrogen and oxygen atoms in total. The molecule has 1 N–H and O–H groups in total. The number of thiophene rings is 1. The second-order valence-corrected chi connectivity index (χ2v) is 5.65. The van der Waals surface area contributed by atoms with Crippen LogP contribution in [-0.4, -0.2) is 23.9 Å². The first-order valence-electron chi connectivity index (χ1n) is 6.45. The lowest BCUT2D eigenvalue weighted by Crippen LogP contribution is -2.38. The number of nitrogens with zero attached hydrogens (tertiary/aromatic N) is 1. The summed E-state index contributed by atoms with van der Waals surface area (Å²) in [5.41, 5.74) is 2.30. The first-order chi connectivity index (χ1) is 9.33. The molecule has 1 aliphatic heterocycles. The van der Waals surface area contributed by atoms with Crippen LogP contribution < -0.4 is 5.32 Å². The van der Waals surface area contributed by atoms with Crippen LogP contribution in [0.15, 0.2) is 41.8 Å². The van der Waals surface area contributed by atoms with Crippen LogP contribution in [0.25, 0.3) is 0 Å². The van der Waals surface area contributed by atoms with Gasteiger partial charge in [0.25, 0.3) is 0 Å². The van der Waals surface area contributed by atoms with E-state index in [4.69, 9.17) is 0 Å². The van der Waals surface area contributed by atoms with Gasteiger partial charge in [-0.05, 0) is 35.6 Å². The van der Waals surface area contributed by atoms with Gasteiger partial charge in [-0.1, -0.05) is 18.2 Å². The number of carbonyl (C=O) groups excluding carboxylic acids is 1. The number of benzene rings is 1. The predicted molar refractivity (Wildman–Crippen MR) is 78.4 cm³/mol. The van der Waals surface area contributed by atoms with E-state index in [2.05, 4.69) is 16.8 Å². The molecule has 0 unspecified atom stereocenters. The van der Waals surface area contributed by atoms with Crippen LogP contribution in [0.2, 0.25) is 0 Å². The Hall–Kier alpha value is -1.81. The molecule has 0 saturated heterocycles. The third kappa shape index (κ3) is 2.79. The third-order valence-electron chi connectivity index (χ3n) is 3.38. The molecule has 4 heteroatoms. The minimum Gasteiger partial charge on any atom is -0.376 e. The highest BCUT2D eigenvalue weighted by Crippen LogP contribution is 2.23. The van der Waals surface area contributed by atoms with Crippen LogP contribution in [-0.2, 0) is 17.8 Å². The summed E-state index contributed by atoms with van der Waals surface area (Å²) in [6.07, 6.45) is 0.990. The Morgan fingerprint density at radius 3 is 2.95 bits per heavy atom. The molecule has 19 heavy (non-hydrogen) atoms. The first kappa shape index (κ1) is 12.2. The Labute approximate surface area is 116 Å². The molecule has 1 aromatic carbocycles. The number of hydrogen-bond acceptors (Lipinski definition) is 3. The Balaban J connectivity index is 1.57. The number of para-hydroxylation sites is 1. The highest BCUT2D eigenvalue weighted by atomic mass is 32.1. The second kappa shape index (κ2) is 5.45. The number of rotatable bonds is 3. The Bertz CT molecular complexity index is 565. The maximum absolute atomic E-state index is 12.2. The normalized spacial score (nSPS) is 14.0.